The van der Waals surface area contributed by atoms with Gasteiger partial charge < -0.3 is 4.74 Å². The van der Waals surface area contributed by atoms with Gasteiger partial charge in [0.05, 0.1) is 5.02 Å². The Bertz CT molecular complexity index is 377. The number of halogens is 4. The summed E-state index contributed by atoms with van der Waals surface area (Å²) in [6, 6.07) is 6.11. The highest BCUT2D eigenvalue weighted by Gasteiger charge is 2.27. The van der Waals surface area contributed by atoms with Gasteiger partial charge in [0.15, 0.2) is 5.78 Å². The van der Waals surface area contributed by atoms with E-state index in [1.165, 1.54) is 12.1 Å². The monoisotopic (exact) mass is 252 g/mol. The number of ether oxygens (including phenoxy) is 1. The number of hydrogen-bond acceptors (Lipinski definition) is 2. The van der Waals surface area contributed by atoms with E-state index in [4.69, 9.17) is 11.6 Å². The number of Topliss-reactive ketones (excluding diaryl/α,β-unsaturated/α-hetero) is 1. The third-order valence-corrected chi connectivity index (χ3v) is 2.00. The second kappa shape index (κ2) is 5.32. The molecule has 0 atom stereocenters. The highest BCUT2D eigenvalue weighted by atomic mass is 35.5. The van der Waals surface area contributed by atoms with Crippen molar-refractivity contribution >= 4 is 17.4 Å². The Morgan fingerprint density at radius 2 is 1.94 bits per heavy atom. The van der Waals surface area contributed by atoms with E-state index >= 15 is 0 Å². The van der Waals surface area contributed by atoms with Crippen LogP contribution in [0, 0.1) is 0 Å². The summed E-state index contributed by atoms with van der Waals surface area (Å²) < 4.78 is 39.4. The molecule has 0 N–H and O–H groups in total. The summed E-state index contributed by atoms with van der Waals surface area (Å²) in [6.45, 7) is -2.08. The minimum absolute atomic E-state index is 0.159. The van der Waals surface area contributed by atoms with Gasteiger partial charge in [0, 0.05) is 5.56 Å². The predicted octanol–water partition coefficient (Wildman–Crippen LogP) is 3.10. The largest absolute Gasteiger partial charge is 0.411 e. The molecule has 1 aromatic rings. The van der Waals surface area contributed by atoms with E-state index in [1.54, 1.807) is 12.1 Å². The van der Waals surface area contributed by atoms with Crippen LogP contribution in [0.25, 0.3) is 0 Å². The van der Waals surface area contributed by atoms with Crippen LogP contribution in [-0.4, -0.2) is 25.2 Å². The maximum atomic E-state index is 11.7. The van der Waals surface area contributed by atoms with Gasteiger partial charge in [0.25, 0.3) is 0 Å². The smallest absolute Gasteiger partial charge is 0.364 e. The van der Waals surface area contributed by atoms with Gasteiger partial charge in [0.2, 0.25) is 0 Å². The van der Waals surface area contributed by atoms with Crippen LogP contribution in [0.2, 0.25) is 5.02 Å². The van der Waals surface area contributed by atoms with Crippen molar-refractivity contribution in [2.24, 2.45) is 0 Å². The summed E-state index contributed by atoms with van der Waals surface area (Å²) in [5.74, 6) is -0.574. The summed E-state index contributed by atoms with van der Waals surface area (Å²) in [7, 11) is 0. The van der Waals surface area contributed by atoms with E-state index in [0.29, 0.717) is 0 Å². The molecule has 1 rings (SSSR count). The standard InChI is InChI=1S/C10H8ClF3O2/c11-8-4-2-1-3-7(8)9(15)5-16-6-10(12,13)14/h1-4H,5-6H2. The average molecular weight is 253 g/mol. The van der Waals surface area contributed by atoms with Crippen LogP contribution in [0.3, 0.4) is 0 Å². The molecule has 16 heavy (non-hydrogen) atoms. The Hall–Kier alpha value is -1.07. The number of rotatable bonds is 4. The lowest BCUT2D eigenvalue weighted by Gasteiger charge is -2.07. The Balaban J connectivity index is 2.51. The molecule has 0 aliphatic heterocycles. The van der Waals surface area contributed by atoms with Crippen molar-refractivity contribution in [2.75, 3.05) is 13.2 Å². The molecular formula is C10H8ClF3O2. The van der Waals surface area contributed by atoms with Gasteiger partial charge in [-0.05, 0) is 12.1 Å². The van der Waals surface area contributed by atoms with Crippen LogP contribution in [0.1, 0.15) is 10.4 Å². The summed E-state index contributed by atoms with van der Waals surface area (Å²) in [5, 5.41) is 0.197. The Labute approximate surface area is 95.0 Å². The molecule has 1 aromatic carbocycles. The molecule has 0 saturated carbocycles. The molecule has 0 fully saturated rings. The van der Waals surface area contributed by atoms with Crippen molar-refractivity contribution in [1.29, 1.82) is 0 Å². The van der Waals surface area contributed by atoms with E-state index < -0.39 is 25.2 Å². The van der Waals surface area contributed by atoms with Crippen molar-refractivity contribution < 1.29 is 22.7 Å². The first-order valence-electron chi connectivity index (χ1n) is 4.32. The number of carbonyl (C=O) groups excluding carboxylic acids is 1. The first kappa shape index (κ1) is 13.0. The lowest BCUT2D eigenvalue weighted by Crippen LogP contribution is -2.20. The lowest BCUT2D eigenvalue weighted by molar-refractivity contribution is -0.170. The van der Waals surface area contributed by atoms with E-state index in [-0.39, 0.29) is 10.6 Å². The fourth-order valence-corrected chi connectivity index (χ4v) is 1.27. The normalized spacial score (nSPS) is 11.5. The van der Waals surface area contributed by atoms with Gasteiger partial charge in [-0.25, -0.2) is 0 Å². The second-order valence-electron chi connectivity index (χ2n) is 3.01. The first-order chi connectivity index (χ1) is 7.40. The lowest BCUT2D eigenvalue weighted by atomic mass is 10.1. The average Bonchev–Trinajstić information content (AvgIpc) is 2.16. The number of hydrogen-bond donors (Lipinski definition) is 0. The van der Waals surface area contributed by atoms with Crippen LogP contribution in [-0.2, 0) is 4.74 Å². The minimum Gasteiger partial charge on any atom is -0.364 e. The van der Waals surface area contributed by atoms with Gasteiger partial charge in [-0.1, -0.05) is 23.7 Å². The van der Waals surface area contributed by atoms with Crippen LogP contribution in [0.15, 0.2) is 24.3 Å². The summed E-state index contributed by atoms with van der Waals surface area (Å²) >= 11 is 5.69. The van der Waals surface area contributed by atoms with Gasteiger partial charge in [-0.2, -0.15) is 13.2 Å². The Morgan fingerprint density at radius 1 is 1.31 bits per heavy atom. The van der Waals surface area contributed by atoms with Crippen molar-refractivity contribution in [3.8, 4) is 0 Å². The zero-order chi connectivity index (χ0) is 12.2. The zero-order valence-electron chi connectivity index (χ0n) is 8.05. The molecule has 0 bridgehead atoms. The SMILES string of the molecule is O=C(COCC(F)(F)F)c1ccccc1Cl. The molecule has 0 heterocycles. The van der Waals surface area contributed by atoms with E-state index in [9.17, 15) is 18.0 Å². The molecule has 0 unspecified atom stereocenters. The van der Waals surface area contributed by atoms with E-state index in [1.807, 2.05) is 0 Å². The molecule has 0 saturated heterocycles. The Morgan fingerprint density at radius 3 is 2.50 bits per heavy atom. The third-order valence-electron chi connectivity index (χ3n) is 1.67. The quantitative estimate of drug-likeness (QED) is 0.770. The van der Waals surface area contributed by atoms with Gasteiger partial charge in [0.1, 0.15) is 13.2 Å². The molecule has 0 aliphatic carbocycles. The summed E-state index contributed by atoms with van der Waals surface area (Å²) in [6.07, 6.45) is -4.43. The van der Waals surface area contributed by atoms with E-state index in [2.05, 4.69) is 4.74 Å². The topological polar surface area (TPSA) is 26.3 Å². The van der Waals surface area contributed by atoms with Crippen LogP contribution < -0.4 is 0 Å². The predicted molar refractivity (Wildman–Crippen MR) is 52.7 cm³/mol. The summed E-state index contributed by atoms with van der Waals surface area (Å²) in [4.78, 5) is 11.4. The highest BCUT2D eigenvalue weighted by molar-refractivity contribution is 6.34. The molecule has 0 amide bonds. The Kier molecular flexibility index (Phi) is 4.32. The molecule has 0 radical (unpaired) electrons. The summed E-state index contributed by atoms with van der Waals surface area (Å²) in [5.41, 5.74) is 0.159. The van der Waals surface area contributed by atoms with Crippen molar-refractivity contribution in [1.82, 2.24) is 0 Å². The van der Waals surface area contributed by atoms with Crippen LogP contribution in [0.5, 0.6) is 0 Å². The van der Waals surface area contributed by atoms with Crippen molar-refractivity contribution in [2.45, 2.75) is 6.18 Å². The maximum Gasteiger partial charge on any atom is 0.411 e. The van der Waals surface area contributed by atoms with E-state index in [0.717, 1.165) is 0 Å². The molecule has 6 heteroatoms. The molecule has 0 aromatic heterocycles. The number of ketones is 1. The second-order valence-corrected chi connectivity index (χ2v) is 3.42. The fourth-order valence-electron chi connectivity index (χ4n) is 1.02. The van der Waals surface area contributed by atoms with Crippen LogP contribution in [0.4, 0.5) is 13.2 Å². The molecule has 2 nitrogen and oxygen atoms in total. The third kappa shape index (κ3) is 4.20. The number of benzene rings is 1. The molecule has 0 spiro atoms. The first-order valence-corrected chi connectivity index (χ1v) is 4.70. The van der Waals surface area contributed by atoms with Crippen molar-refractivity contribution in [3.05, 3.63) is 34.9 Å². The highest BCUT2D eigenvalue weighted by Crippen LogP contribution is 2.17. The molecule has 88 valence electrons. The maximum absolute atomic E-state index is 11.7. The fraction of sp³-hybridized carbons (Fsp3) is 0.300. The molecular weight excluding hydrogens is 245 g/mol. The minimum atomic E-state index is -4.43. The number of alkyl halides is 3. The van der Waals surface area contributed by atoms with Crippen molar-refractivity contribution in [3.63, 3.8) is 0 Å². The van der Waals surface area contributed by atoms with Crippen LogP contribution >= 0.6 is 11.6 Å². The molecule has 0 aliphatic rings. The number of carbonyl (C=O) groups is 1. The van der Waals surface area contributed by atoms with Gasteiger partial charge in [-0.3, -0.25) is 4.79 Å². The van der Waals surface area contributed by atoms with Gasteiger partial charge in [-0.15, -0.1) is 0 Å². The van der Waals surface area contributed by atoms with Gasteiger partial charge >= 0.3 is 6.18 Å². The zero-order valence-corrected chi connectivity index (χ0v) is 8.81.